The van der Waals surface area contributed by atoms with Crippen LogP contribution < -0.4 is 19.5 Å². The van der Waals surface area contributed by atoms with Gasteiger partial charge in [-0.2, -0.15) is 0 Å². The van der Waals surface area contributed by atoms with Crippen LogP contribution in [0.1, 0.15) is 24.0 Å². The number of methoxy groups -OCH3 is 3. The largest absolute Gasteiger partial charge is 0.493 e. The molecule has 0 amide bonds. The van der Waals surface area contributed by atoms with Crippen molar-refractivity contribution in [2.75, 3.05) is 26.6 Å². The Bertz CT molecular complexity index is 1340. The fourth-order valence-corrected chi connectivity index (χ4v) is 4.03. The number of rotatable bonds is 7. The van der Waals surface area contributed by atoms with E-state index < -0.39 is 0 Å². The van der Waals surface area contributed by atoms with Crippen molar-refractivity contribution in [1.82, 2.24) is 9.38 Å². The Labute approximate surface area is 193 Å². The van der Waals surface area contributed by atoms with E-state index in [1.165, 1.54) is 11.1 Å². The number of benzene rings is 2. The number of allylic oxidation sites excluding steroid dienone is 1. The number of nitrogens with one attached hydrogen (secondary N) is 1. The highest BCUT2D eigenvalue weighted by Gasteiger charge is 2.22. The molecule has 1 saturated carbocycles. The standard InChI is InChI=1S/C27H27N3O3/c1-17-10-11-30-16-22(29-25(30)12-17)19-6-5-7-21(13-19)28-26(18-8-9-18)20-14-23(31-2)27(33-4)24(15-20)32-3/h5-7,10-16,28H,8-9H2,1-4H3. The minimum atomic E-state index is 0.591. The topological polar surface area (TPSA) is 57.0 Å². The molecular weight excluding hydrogens is 414 g/mol. The van der Waals surface area contributed by atoms with Crippen LogP contribution in [0.25, 0.3) is 22.6 Å². The number of imidazole rings is 1. The van der Waals surface area contributed by atoms with E-state index in [-0.39, 0.29) is 0 Å². The lowest BCUT2D eigenvalue weighted by Gasteiger charge is -2.17. The van der Waals surface area contributed by atoms with Gasteiger partial charge in [-0.25, -0.2) is 4.98 Å². The van der Waals surface area contributed by atoms with Gasteiger partial charge >= 0.3 is 0 Å². The third-order valence-corrected chi connectivity index (χ3v) is 5.85. The van der Waals surface area contributed by atoms with Gasteiger partial charge < -0.3 is 23.9 Å². The van der Waals surface area contributed by atoms with E-state index in [9.17, 15) is 0 Å². The molecule has 2 heterocycles. The molecule has 5 rings (SSSR count). The summed E-state index contributed by atoms with van der Waals surface area (Å²) in [7, 11) is 4.89. The molecule has 6 heteroatoms. The lowest BCUT2D eigenvalue weighted by atomic mass is 10.1. The summed E-state index contributed by atoms with van der Waals surface area (Å²) in [5.74, 6) is 1.87. The van der Waals surface area contributed by atoms with Crippen LogP contribution in [0.2, 0.25) is 0 Å². The highest BCUT2D eigenvalue weighted by atomic mass is 16.5. The van der Waals surface area contributed by atoms with E-state index in [4.69, 9.17) is 19.2 Å². The van der Waals surface area contributed by atoms with E-state index in [1.54, 1.807) is 21.3 Å². The average Bonchev–Trinajstić information content (AvgIpc) is 3.60. The minimum absolute atomic E-state index is 0.591. The maximum absolute atomic E-state index is 5.57. The molecule has 0 radical (unpaired) electrons. The van der Waals surface area contributed by atoms with E-state index in [0.29, 0.717) is 17.2 Å². The van der Waals surface area contributed by atoms with Crippen LogP contribution in [0.4, 0.5) is 5.69 Å². The number of ether oxygens (including phenoxy) is 3. The first-order valence-corrected chi connectivity index (χ1v) is 10.9. The number of anilines is 1. The fourth-order valence-electron chi connectivity index (χ4n) is 4.03. The second-order valence-electron chi connectivity index (χ2n) is 8.19. The molecule has 0 atom stereocenters. The van der Waals surface area contributed by atoms with E-state index >= 15 is 0 Å². The predicted octanol–water partition coefficient (Wildman–Crippen LogP) is 5.95. The summed E-state index contributed by atoms with van der Waals surface area (Å²) in [5.41, 5.74) is 8.61. The number of pyridine rings is 1. The molecule has 168 valence electrons. The lowest BCUT2D eigenvalue weighted by Crippen LogP contribution is -2.02. The Morgan fingerprint density at radius 1 is 0.939 bits per heavy atom. The van der Waals surface area contributed by atoms with Crippen molar-refractivity contribution in [3.05, 3.63) is 77.6 Å². The number of hydrogen-bond acceptors (Lipinski definition) is 5. The zero-order valence-corrected chi connectivity index (χ0v) is 19.3. The number of nitrogens with zero attached hydrogens (tertiary/aromatic N) is 2. The summed E-state index contributed by atoms with van der Waals surface area (Å²) in [6, 6.07) is 16.5. The lowest BCUT2D eigenvalue weighted by molar-refractivity contribution is 0.324. The second-order valence-corrected chi connectivity index (χ2v) is 8.19. The first-order valence-electron chi connectivity index (χ1n) is 10.9. The van der Waals surface area contributed by atoms with Crippen molar-refractivity contribution in [2.45, 2.75) is 19.8 Å². The third kappa shape index (κ3) is 4.12. The number of fused-ring (bicyclic) bond motifs is 1. The molecule has 1 aliphatic rings. The molecule has 0 aliphatic heterocycles. The molecule has 1 aliphatic carbocycles. The van der Waals surface area contributed by atoms with Gasteiger partial charge in [0.25, 0.3) is 0 Å². The van der Waals surface area contributed by atoms with E-state index in [2.05, 4.69) is 59.2 Å². The van der Waals surface area contributed by atoms with Crippen molar-refractivity contribution < 1.29 is 14.2 Å². The Balaban J connectivity index is 1.50. The van der Waals surface area contributed by atoms with Crippen molar-refractivity contribution in [1.29, 1.82) is 0 Å². The van der Waals surface area contributed by atoms with Crippen molar-refractivity contribution >= 4 is 17.0 Å². The third-order valence-electron chi connectivity index (χ3n) is 5.85. The monoisotopic (exact) mass is 441 g/mol. The Kier molecular flexibility index (Phi) is 5.42. The molecule has 0 unspecified atom stereocenters. The summed E-state index contributed by atoms with van der Waals surface area (Å²) in [4.78, 5) is 4.81. The SMILES string of the molecule is COc1cc(C(Nc2cccc(-c3cn4ccc(C)cc4n3)c2)=C2CC2)cc(OC)c1OC. The molecule has 6 nitrogen and oxygen atoms in total. The van der Waals surface area contributed by atoms with Gasteiger partial charge in [-0.15, -0.1) is 0 Å². The fraction of sp³-hybridized carbons (Fsp3) is 0.222. The summed E-state index contributed by atoms with van der Waals surface area (Å²) < 4.78 is 18.7. The predicted molar refractivity (Wildman–Crippen MR) is 131 cm³/mol. The highest BCUT2D eigenvalue weighted by Crippen LogP contribution is 2.43. The molecule has 2 aromatic carbocycles. The molecule has 1 N–H and O–H groups in total. The Morgan fingerprint density at radius 2 is 1.70 bits per heavy atom. The van der Waals surface area contributed by atoms with Gasteiger partial charge in [0.2, 0.25) is 5.75 Å². The van der Waals surface area contributed by atoms with Gasteiger partial charge in [0.05, 0.1) is 27.0 Å². The molecule has 0 saturated heterocycles. The van der Waals surface area contributed by atoms with Gasteiger partial charge in [0, 0.05) is 34.9 Å². The molecular formula is C27H27N3O3. The summed E-state index contributed by atoms with van der Waals surface area (Å²) >= 11 is 0. The van der Waals surface area contributed by atoms with Crippen LogP contribution in [-0.4, -0.2) is 30.7 Å². The normalized spacial score (nSPS) is 12.5. The Morgan fingerprint density at radius 3 is 2.36 bits per heavy atom. The van der Waals surface area contributed by atoms with Crippen LogP contribution in [0, 0.1) is 6.92 Å². The van der Waals surface area contributed by atoms with Crippen LogP contribution in [0.15, 0.2) is 66.5 Å². The minimum Gasteiger partial charge on any atom is -0.493 e. The van der Waals surface area contributed by atoms with Crippen molar-refractivity contribution in [2.24, 2.45) is 0 Å². The molecule has 33 heavy (non-hydrogen) atoms. The zero-order valence-electron chi connectivity index (χ0n) is 19.3. The van der Waals surface area contributed by atoms with Crippen LogP contribution in [0.3, 0.4) is 0 Å². The number of hydrogen-bond donors (Lipinski definition) is 1. The number of aryl methyl sites for hydroxylation is 1. The molecule has 4 aromatic rings. The van der Waals surface area contributed by atoms with Crippen LogP contribution >= 0.6 is 0 Å². The van der Waals surface area contributed by atoms with E-state index in [0.717, 1.165) is 46.7 Å². The van der Waals surface area contributed by atoms with Gasteiger partial charge in [0.15, 0.2) is 11.5 Å². The summed E-state index contributed by atoms with van der Waals surface area (Å²) in [5, 5.41) is 3.64. The van der Waals surface area contributed by atoms with Gasteiger partial charge in [0.1, 0.15) is 5.65 Å². The van der Waals surface area contributed by atoms with Crippen LogP contribution in [-0.2, 0) is 0 Å². The second kappa shape index (κ2) is 8.54. The Hall–Kier alpha value is -3.93. The maximum atomic E-state index is 5.57. The van der Waals surface area contributed by atoms with Crippen LogP contribution in [0.5, 0.6) is 17.2 Å². The summed E-state index contributed by atoms with van der Waals surface area (Å²) in [6.45, 7) is 2.08. The first kappa shape index (κ1) is 20.9. The van der Waals surface area contributed by atoms with Gasteiger partial charge in [-0.05, 0) is 67.3 Å². The van der Waals surface area contributed by atoms with Gasteiger partial charge in [-0.1, -0.05) is 12.1 Å². The highest BCUT2D eigenvalue weighted by molar-refractivity contribution is 5.84. The average molecular weight is 442 g/mol. The smallest absolute Gasteiger partial charge is 0.203 e. The molecule has 0 bridgehead atoms. The van der Waals surface area contributed by atoms with E-state index in [1.807, 2.05) is 18.3 Å². The number of aromatic nitrogens is 2. The maximum Gasteiger partial charge on any atom is 0.203 e. The zero-order chi connectivity index (χ0) is 22.9. The first-order chi connectivity index (χ1) is 16.1. The molecule has 0 spiro atoms. The van der Waals surface area contributed by atoms with Crippen molar-refractivity contribution in [3.8, 4) is 28.5 Å². The quantitative estimate of drug-likeness (QED) is 0.384. The molecule has 1 fully saturated rings. The van der Waals surface area contributed by atoms with Crippen molar-refractivity contribution in [3.63, 3.8) is 0 Å². The molecule has 2 aromatic heterocycles. The van der Waals surface area contributed by atoms with Gasteiger partial charge in [-0.3, -0.25) is 0 Å². The summed E-state index contributed by atoms with van der Waals surface area (Å²) in [6.07, 6.45) is 6.26.